The average molecular weight is 423 g/mol. The van der Waals surface area contributed by atoms with Crippen molar-refractivity contribution < 1.29 is 22.0 Å². The quantitative estimate of drug-likeness (QED) is 0.773. The standard InChI is InChI=1S/C20H23F2N3O3S/c1-14-12-17(22)4-7-19(14)29(27,28)23-13-15-8-10-25(11-9-15)20(26)24-18-5-2-16(21)3-6-18/h2-7,12,15,23H,8-11,13H2,1H3,(H,24,26). The second-order valence-electron chi connectivity index (χ2n) is 7.13. The number of anilines is 1. The van der Waals surface area contributed by atoms with Crippen LogP contribution >= 0.6 is 0 Å². The summed E-state index contributed by atoms with van der Waals surface area (Å²) in [6.07, 6.45) is 1.31. The normalized spacial score (nSPS) is 15.3. The van der Waals surface area contributed by atoms with Crippen LogP contribution in [0.15, 0.2) is 47.4 Å². The van der Waals surface area contributed by atoms with Gasteiger partial charge in [-0.1, -0.05) is 0 Å². The van der Waals surface area contributed by atoms with Crippen LogP contribution in [0, 0.1) is 24.5 Å². The Morgan fingerprint density at radius 3 is 2.31 bits per heavy atom. The largest absolute Gasteiger partial charge is 0.325 e. The molecule has 0 radical (unpaired) electrons. The van der Waals surface area contributed by atoms with Gasteiger partial charge in [-0.25, -0.2) is 26.7 Å². The van der Waals surface area contributed by atoms with Crippen molar-refractivity contribution in [2.24, 2.45) is 5.92 Å². The van der Waals surface area contributed by atoms with E-state index in [4.69, 9.17) is 0 Å². The summed E-state index contributed by atoms with van der Waals surface area (Å²) in [6.45, 7) is 2.80. The van der Waals surface area contributed by atoms with Crippen LogP contribution in [0.3, 0.4) is 0 Å². The second-order valence-corrected chi connectivity index (χ2v) is 8.86. The lowest BCUT2D eigenvalue weighted by atomic mass is 9.97. The molecule has 0 aliphatic carbocycles. The van der Waals surface area contributed by atoms with Crippen molar-refractivity contribution in [3.63, 3.8) is 0 Å². The zero-order valence-corrected chi connectivity index (χ0v) is 16.8. The van der Waals surface area contributed by atoms with Gasteiger partial charge in [0.05, 0.1) is 4.90 Å². The van der Waals surface area contributed by atoms with Gasteiger partial charge in [0.25, 0.3) is 0 Å². The van der Waals surface area contributed by atoms with Gasteiger partial charge in [0, 0.05) is 25.3 Å². The first-order valence-electron chi connectivity index (χ1n) is 9.32. The third-order valence-electron chi connectivity index (χ3n) is 4.99. The van der Waals surface area contributed by atoms with Crippen LogP contribution in [0.1, 0.15) is 18.4 Å². The van der Waals surface area contributed by atoms with Crippen molar-refractivity contribution >= 4 is 21.7 Å². The number of sulfonamides is 1. The van der Waals surface area contributed by atoms with Gasteiger partial charge in [0.2, 0.25) is 10.0 Å². The molecule has 2 amide bonds. The Morgan fingerprint density at radius 1 is 1.07 bits per heavy atom. The van der Waals surface area contributed by atoms with Gasteiger partial charge in [0.1, 0.15) is 11.6 Å². The topological polar surface area (TPSA) is 78.5 Å². The highest BCUT2D eigenvalue weighted by molar-refractivity contribution is 7.89. The highest BCUT2D eigenvalue weighted by atomic mass is 32.2. The van der Waals surface area contributed by atoms with Crippen LogP contribution < -0.4 is 10.0 Å². The molecular formula is C20H23F2N3O3S. The summed E-state index contributed by atoms with van der Waals surface area (Å²) in [4.78, 5) is 14.0. The summed E-state index contributed by atoms with van der Waals surface area (Å²) in [5.41, 5.74) is 0.866. The first kappa shape index (κ1) is 21.2. The van der Waals surface area contributed by atoms with E-state index in [0.717, 1.165) is 6.07 Å². The van der Waals surface area contributed by atoms with Crippen molar-refractivity contribution in [2.75, 3.05) is 25.0 Å². The maximum Gasteiger partial charge on any atom is 0.321 e. The lowest BCUT2D eigenvalue weighted by Crippen LogP contribution is -2.43. The summed E-state index contributed by atoms with van der Waals surface area (Å²) < 4.78 is 53.7. The molecule has 3 rings (SSSR count). The van der Waals surface area contributed by atoms with Crippen molar-refractivity contribution in [3.05, 3.63) is 59.7 Å². The summed E-state index contributed by atoms with van der Waals surface area (Å²) in [5.74, 6) is -0.754. The Morgan fingerprint density at radius 2 is 1.69 bits per heavy atom. The smallest absolute Gasteiger partial charge is 0.321 e. The van der Waals surface area contributed by atoms with E-state index in [9.17, 15) is 22.0 Å². The number of hydrogen-bond acceptors (Lipinski definition) is 3. The molecule has 1 heterocycles. The number of halogens is 2. The number of benzene rings is 2. The van der Waals surface area contributed by atoms with Crippen LogP contribution in [0.25, 0.3) is 0 Å². The fourth-order valence-corrected chi connectivity index (χ4v) is 4.64. The maximum absolute atomic E-state index is 13.2. The number of carbonyl (C=O) groups excluding carboxylic acids is 1. The zero-order valence-electron chi connectivity index (χ0n) is 16.0. The van der Waals surface area contributed by atoms with Crippen LogP contribution in [0.2, 0.25) is 0 Å². The van der Waals surface area contributed by atoms with Crippen molar-refractivity contribution in [1.29, 1.82) is 0 Å². The molecule has 1 aliphatic rings. The number of hydrogen-bond donors (Lipinski definition) is 2. The molecule has 29 heavy (non-hydrogen) atoms. The van der Waals surface area contributed by atoms with Gasteiger partial charge in [-0.2, -0.15) is 0 Å². The monoisotopic (exact) mass is 423 g/mol. The molecule has 2 aromatic carbocycles. The zero-order chi connectivity index (χ0) is 21.0. The molecule has 1 saturated heterocycles. The minimum Gasteiger partial charge on any atom is -0.325 e. The minimum atomic E-state index is -3.72. The van der Waals surface area contributed by atoms with Gasteiger partial charge in [-0.05, 0) is 73.7 Å². The molecule has 156 valence electrons. The summed E-state index contributed by atoms with van der Waals surface area (Å²) >= 11 is 0. The Kier molecular flexibility index (Phi) is 6.49. The van der Waals surface area contributed by atoms with Crippen LogP contribution in [0.4, 0.5) is 19.3 Å². The molecule has 0 saturated carbocycles. The first-order chi connectivity index (χ1) is 13.7. The molecular weight excluding hydrogens is 400 g/mol. The predicted molar refractivity (Wildman–Crippen MR) is 106 cm³/mol. The van der Waals surface area contributed by atoms with Gasteiger partial charge in [-0.15, -0.1) is 0 Å². The lowest BCUT2D eigenvalue weighted by molar-refractivity contribution is 0.183. The van der Waals surface area contributed by atoms with Crippen LogP contribution in [-0.2, 0) is 10.0 Å². The summed E-state index contributed by atoms with van der Waals surface area (Å²) in [6, 6.07) is 8.84. The second kappa shape index (κ2) is 8.87. The molecule has 0 unspecified atom stereocenters. The molecule has 1 fully saturated rings. The highest BCUT2D eigenvalue weighted by Crippen LogP contribution is 2.20. The number of urea groups is 1. The summed E-state index contributed by atoms with van der Waals surface area (Å²) in [7, 11) is -3.72. The van der Waals surface area contributed by atoms with Crippen LogP contribution in [-0.4, -0.2) is 39.0 Å². The third-order valence-corrected chi connectivity index (χ3v) is 6.57. The highest BCUT2D eigenvalue weighted by Gasteiger charge is 2.25. The van der Waals surface area contributed by atoms with E-state index in [1.54, 1.807) is 11.8 Å². The number of piperidine rings is 1. The molecule has 0 bridgehead atoms. The predicted octanol–water partition coefficient (Wildman–Crippen LogP) is 3.50. The molecule has 0 aromatic heterocycles. The molecule has 0 atom stereocenters. The molecule has 9 heteroatoms. The van der Waals surface area contributed by atoms with Crippen molar-refractivity contribution in [2.45, 2.75) is 24.7 Å². The Balaban J connectivity index is 1.49. The van der Waals surface area contributed by atoms with E-state index in [1.807, 2.05) is 0 Å². The molecule has 1 aliphatic heterocycles. The van der Waals surface area contributed by atoms with E-state index in [0.29, 0.717) is 37.2 Å². The number of likely N-dealkylation sites (tertiary alicyclic amines) is 1. The van der Waals surface area contributed by atoms with E-state index in [2.05, 4.69) is 10.0 Å². The molecule has 2 aromatic rings. The van der Waals surface area contributed by atoms with Gasteiger partial charge in [0.15, 0.2) is 0 Å². The van der Waals surface area contributed by atoms with E-state index >= 15 is 0 Å². The number of carbonyl (C=O) groups is 1. The fraction of sp³-hybridized carbons (Fsp3) is 0.350. The minimum absolute atomic E-state index is 0.0648. The van der Waals surface area contributed by atoms with Gasteiger partial charge in [-0.3, -0.25) is 0 Å². The molecule has 6 nitrogen and oxygen atoms in total. The average Bonchev–Trinajstić information content (AvgIpc) is 2.68. The van der Waals surface area contributed by atoms with Gasteiger partial charge < -0.3 is 10.2 Å². The number of aryl methyl sites for hydroxylation is 1. The fourth-order valence-electron chi connectivity index (χ4n) is 3.30. The Labute approximate surface area is 169 Å². The Bertz CT molecular complexity index is 973. The third kappa shape index (κ3) is 5.51. The summed E-state index contributed by atoms with van der Waals surface area (Å²) in [5, 5.41) is 2.72. The maximum atomic E-state index is 13.2. The lowest BCUT2D eigenvalue weighted by Gasteiger charge is -2.32. The number of rotatable bonds is 5. The number of nitrogens with zero attached hydrogens (tertiary/aromatic N) is 1. The number of amides is 2. The first-order valence-corrected chi connectivity index (χ1v) is 10.8. The van der Waals surface area contributed by atoms with Crippen molar-refractivity contribution in [3.8, 4) is 0 Å². The van der Waals surface area contributed by atoms with Crippen LogP contribution in [0.5, 0.6) is 0 Å². The van der Waals surface area contributed by atoms with E-state index in [1.165, 1.54) is 36.4 Å². The molecule has 2 N–H and O–H groups in total. The Hall–Kier alpha value is -2.52. The van der Waals surface area contributed by atoms with E-state index < -0.39 is 15.8 Å². The molecule has 0 spiro atoms. The van der Waals surface area contributed by atoms with E-state index in [-0.39, 0.29) is 29.2 Å². The van der Waals surface area contributed by atoms with Crippen molar-refractivity contribution in [1.82, 2.24) is 9.62 Å². The SMILES string of the molecule is Cc1cc(F)ccc1S(=O)(=O)NCC1CCN(C(=O)Nc2ccc(F)cc2)CC1. The number of nitrogens with one attached hydrogen (secondary N) is 2. The van der Waals surface area contributed by atoms with Gasteiger partial charge >= 0.3 is 6.03 Å².